The van der Waals surface area contributed by atoms with E-state index in [0.717, 1.165) is 61.1 Å². The molecule has 2 heterocycles. The average Bonchev–Trinajstić information content (AvgIpc) is 3.30. The molecule has 1 aromatic carbocycles. The number of aromatic nitrogens is 1. The van der Waals surface area contributed by atoms with E-state index in [1.807, 2.05) is 31.2 Å². The van der Waals surface area contributed by atoms with Gasteiger partial charge >= 0.3 is 0 Å². The van der Waals surface area contributed by atoms with E-state index >= 15 is 0 Å². The Hall–Kier alpha value is -2.30. The van der Waals surface area contributed by atoms with Gasteiger partial charge in [-0.3, -0.25) is 0 Å². The molecular formula is C21H28N2O3. The highest BCUT2D eigenvalue weighted by Crippen LogP contribution is 2.17. The molecule has 0 bridgehead atoms. The lowest BCUT2D eigenvalue weighted by Gasteiger charge is -2.07. The van der Waals surface area contributed by atoms with Gasteiger partial charge in [0, 0.05) is 17.5 Å². The molecule has 1 aliphatic heterocycles. The molecule has 0 aliphatic carbocycles. The van der Waals surface area contributed by atoms with Crippen LogP contribution in [0.4, 0.5) is 0 Å². The van der Waals surface area contributed by atoms with Gasteiger partial charge in [-0.2, -0.15) is 0 Å². The molecule has 0 unspecified atom stereocenters. The molecule has 0 radical (unpaired) electrons. The van der Waals surface area contributed by atoms with Crippen LogP contribution >= 0.6 is 0 Å². The summed E-state index contributed by atoms with van der Waals surface area (Å²) >= 11 is 0. The second-order valence-corrected chi connectivity index (χ2v) is 6.74. The van der Waals surface area contributed by atoms with E-state index < -0.39 is 0 Å². The van der Waals surface area contributed by atoms with E-state index in [-0.39, 0.29) is 0 Å². The zero-order chi connectivity index (χ0) is 18.2. The molecule has 0 saturated heterocycles. The predicted molar refractivity (Wildman–Crippen MR) is 102 cm³/mol. The molecule has 0 fully saturated rings. The fourth-order valence-corrected chi connectivity index (χ4v) is 3.01. The zero-order valence-electron chi connectivity index (χ0n) is 15.8. The number of rotatable bonds is 10. The van der Waals surface area contributed by atoms with E-state index in [2.05, 4.69) is 17.1 Å². The summed E-state index contributed by atoms with van der Waals surface area (Å²) in [6.07, 6.45) is 6.87. The van der Waals surface area contributed by atoms with Crippen molar-refractivity contribution < 1.29 is 14.0 Å². The van der Waals surface area contributed by atoms with Crippen molar-refractivity contribution in [3.63, 3.8) is 0 Å². The van der Waals surface area contributed by atoms with E-state index in [9.17, 15) is 0 Å². The molecule has 0 amide bonds. The topological polar surface area (TPSA) is 56.9 Å². The van der Waals surface area contributed by atoms with Crippen molar-refractivity contribution in [2.24, 2.45) is 4.99 Å². The third-order valence-electron chi connectivity index (χ3n) is 4.76. The smallest absolute Gasteiger partial charge is 0.216 e. The number of aliphatic imine (C=N–C) groups is 1. The highest BCUT2D eigenvalue weighted by atomic mass is 16.5. The summed E-state index contributed by atoms with van der Waals surface area (Å²) in [5, 5.41) is 4.01. The summed E-state index contributed by atoms with van der Waals surface area (Å²) in [5.41, 5.74) is 3.23. The molecule has 0 N–H and O–H groups in total. The van der Waals surface area contributed by atoms with Gasteiger partial charge < -0.3 is 14.0 Å². The summed E-state index contributed by atoms with van der Waals surface area (Å²) in [4.78, 5) is 4.32. The molecule has 3 rings (SSSR count). The first-order chi connectivity index (χ1) is 12.7. The van der Waals surface area contributed by atoms with Gasteiger partial charge in [0.1, 0.15) is 18.1 Å². The number of benzene rings is 1. The number of unbranched alkanes of at least 4 members (excludes halogenated alkanes) is 4. The van der Waals surface area contributed by atoms with Crippen molar-refractivity contribution in [2.75, 3.05) is 19.8 Å². The standard InChI is InChI=1S/C21H28N2O3/c1-16-17(2)23-26-20(16)8-6-4-3-5-7-14-24-19-11-9-18(10-12-19)21-22-13-15-25-21/h9-12H,3-8,13-15H2,1-2H3. The Morgan fingerprint density at radius 2 is 1.77 bits per heavy atom. The van der Waals surface area contributed by atoms with Crippen molar-refractivity contribution in [3.05, 3.63) is 46.8 Å². The first kappa shape index (κ1) is 18.5. The maximum atomic E-state index is 5.81. The van der Waals surface area contributed by atoms with Crippen LogP contribution in [-0.4, -0.2) is 30.8 Å². The minimum Gasteiger partial charge on any atom is -0.494 e. The van der Waals surface area contributed by atoms with Gasteiger partial charge in [0.25, 0.3) is 0 Å². The first-order valence-electron chi connectivity index (χ1n) is 9.56. The Labute approximate surface area is 155 Å². The van der Waals surface area contributed by atoms with Gasteiger partial charge in [-0.15, -0.1) is 0 Å². The second kappa shape index (κ2) is 9.41. The molecule has 0 atom stereocenters. The summed E-state index contributed by atoms with van der Waals surface area (Å²) in [6, 6.07) is 7.99. The Bertz CT molecular complexity index is 719. The lowest BCUT2D eigenvalue weighted by molar-refractivity contribution is 0.304. The van der Waals surface area contributed by atoms with Crippen LogP contribution in [0.5, 0.6) is 5.75 Å². The Balaban J connectivity index is 1.24. The number of nitrogens with zero attached hydrogens (tertiary/aromatic N) is 2. The molecule has 2 aromatic rings. The molecule has 26 heavy (non-hydrogen) atoms. The van der Waals surface area contributed by atoms with Crippen molar-refractivity contribution in [3.8, 4) is 5.75 Å². The maximum Gasteiger partial charge on any atom is 0.216 e. The summed E-state index contributed by atoms with van der Waals surface area (Å²) < 4.78 is 16.6. The lowest BCUT2D eigenvalue weighted by atomic mass is 10.1. The van der Waals surface area contributed by atoms with Crippen LogP contribution in [0.2, 0.25) is 0 Å². The highest BCUT2D eigenvalue weighted by molar-refractivity contribution is 5.94. The van der Waals surface area contributed by atoms with E-state index in [1.165, 1.54) is 24.8 Å². The van der Waals surface area contributed by atoms with Gasteiger partial charge in [0.2, 0.25) is 5.90 Å². The number of aryl methyl sites for hydroxylation is 2. The molecule has 1 aromatic heterocycles. The fourth-order valence-electron chi connectivity index (χ4n) is 3.01. The average molecular weight is 356 g/mol. The Morgan fingerprint density at radius 1 is 1.00 bits per heavy atom. The fraction of sp³-hybridized carbons (Fsp3) is 0.524. The van der Waals surface area contributed by atoms with Gasteiger partial charge in [0.15, 0.2) is 0 Å². The van der Waals surface area contributed by atoms with Gasteiger partial charge in [-0.25, -0.2) is 4.99 Å². The molecule has 5 heteroatoms. The molecule has 0 spiro atoms. The second-order valence-electron chi connectivity index (χ2n) is 6.74. The van der Waals surface area contributed by atoms with E-state index in [0.29, 0.717) is 6.61 Å². The predicted octanol–water partition coefficient (Wildman–Crippen LogP) is 4.64. The van der Waals surface area contributed by atoms with Crippen molar-refractivity contribution in [2.45, 2.75) is 52.4 Å². The number of hydrogen-bond acceptors (Lipinski definition) is 5. The largest absolute Gasteiger partial charge is 0.494 e. The normalized spacial score (nSPS) is 13.5. The molecule has 140 valence electrons. The summed E-state index contributed by atoms with van der Waals surface area (Å²) in [5.74, 6) is 2.69. The number of ether oxygens (including phenoxy) is 2. The summed E-state index contributed by atoms with van der Waals surface area (Å²) in [6.45, 7) is 6.28. The quantitative estimate of drug-likeness (QED) is 0.582. The Morgan fingerprint density at radius 3 is 2.46 bits per heavy atom. The minimum absolute atomic E-state index is 0.686. The van der Waals surface area contributed by atoms with Crippen LogP contribution < -0.4 is 4.74 Å². The van der Waals surface area contributed by atoms with Crippen molar-refractivity contribution in [1.82, 2.24) is 5.16 Å². The van der Waals surface area contributed by atoms with Crippen LogP contribution in [0.3, 0.4) is 0 Å². The van der Waals surface area contributed by atoms with Crippen LogP contribution in [0, 0.1) is 13.8 Å². The SMILES string of the molecule is Cc1noc(CCCCCCCOc2ccc(C3=NCCO3)cc2)c1C. The molecule has 5 nitrogen and oxygen atoms in total. The zero-order valence-corrected chi connectivity index (χ0v) is 15.8. The minimum atomic E-state index is 0.686. The molecule has 0 saturated carbocycles. The van der Waals surface area contributed by atoms with E-state index in [4.69, 9.17) is 14.0 Å². The summed E-state index contributed by atoms with van der Waals surface area (Å²) in [7, 11) is 0. The lowest BCUT2D eigenvalue weighted by Crippen LogP contribution is -2.01. The highest BCUT2D eigenvalue weighted by Gasteiger charge is 2.10. The Kier molecular flexibility index (Phi) is 6.69. The van der Waals surface area contributed by atoms with Gasteiger partial charge in [0.05, 0.1) is 18.8 Å². The third-order valence-corrected chi connectivity index (χ3v) is 4.76. The van der Waals surface area contributed by atoms with Crippen LogP contribution in [0.1, 0.15) is 54.7 Å². The maximum absolute atomic E-state index is 5.81. The van der Waals surface area contributed by atoms with Gasteiger partial charge in [-0.1, -0.05) is 24.4 Å². The van der Waals surface area contributed by atoms with Crippen molar-refractivity contribution in [1.29, 1.82) is 0 Å². The third kappa shape index (κ3) is 5.10. The molecular weight excluding hydrogens is 328 g/mol. The van der Waals surface area contributed by atoms with Crippen LogP contribution in [0.25, 0.3) is 0 Å². The first-order valence-corrected chi connectivity index (χ1v) is 9.56. The molecule has 1 aliphatic rings. The van der Waals surface area contributed by atoms with Gasteiger partial charge in [-0.05, 0) is 51.0 Å². The van der Waals surface area contributed by atoms with E-state index in [1.54, 1.807) is 0 Å². The van der Waals surface area contributed by atoms with Crippen LogP contribution in [-0.2, 0) is 11.2 Å². The van der Waals surface area contributed by atoms with Crippen LogP contribution in [0.15, 0.2) is 33.8 Å². The monoisotopic (exact) mass is 356 g/mol. The van der Waals surface area contributed by atoms with Crippen molar-refractivity contribution >= 4 is 5.90 Å². The number of hydrogen-bond donors (Lipinski definition) is 0.